The fourth-order valence-corrected chi connectivity index (χ4v) is 12.3. The summed E-state index contributed by atoms with van der Waals surface area (Å²) in [7, 11) is 0. The first kappa shape index (κ1) is 54.9. The first-order valence-electron chi connectivity index (χ1n) is 26.5. The summed E-state index contributed by atoms with van der Waals surface area (Å²) in [6.45, 7) is 8.02. The predicted octanol–water partition coefficient (Wildman–Crippen LogP) is 7.17. The third-order valence-electron chi connectivity index (χ3n) is 16.0. The van der Waals surface area contributed by atoms with Crippen LogP contribution in [0.1, 0.15) is 128 Å². The molecule has 0 spiro atoms. The highest BCUT2D eigenvalue weighted by molar-refractivity contribution is 6.30. The molecule has 8 rings (SSSR count). The molecular weight excluding hydrogens is 952 g/mol. The van der Waals surface area contributed by atoms with E-state index in [2.05, 4.69) is 30.8 Å². The Balaban J connectivity index is 0.000000211. The molecule has 392 valence electrons. The van der Waals surface area contributed by atoms with Crippen LogP contribution < -0.4 is 22.1 Å². The second kappa shape index (κ2) is 26.4. The second-order valence-corrected chi connectivity index (χ2v) is 22.4. The van der Waals surface area contributed by atoms with Gasteiger partial charge in [-0.25, -0.2) is 9.97 Å². The Kier molecular flexibility index (Phi) is 20.1. The lowest BCUT2D eigenvalue weighted by Gasteiger charge is -2.48. The van der Waals surface area contributed by atoms with E-state index in [0.717, 1.165) is 49.9 Å². The molecular formula is C54H78Cl2N12O4. The first-order valence-corrected chi connectivity index (χ1v) is 27.3. The number of amides is 4. The normalized spacial score (nSPS) is 20.0. The van der Waals surface area contributed by atoms with Gasteiger partial charge in [-0.3, -0.25) is 28.5 Å². The fraction of sp³-hybridized carbons (Fsp3) is 0.630. The molecule has 2 saturated carbocycles. The van der Waals surface area contributed by atoms with Gasteiger partial charge in [0.2, 0.25) is 23.6 Å². The standard InChI is InChI=1S/2C27H39ClN6O2/c2*1-20(29)15-25(35)32-24(16-21-7-9-23(28)10-8-21)26(36)33-13-11-27(12-14-33,17-34-19-30-18-31-34)22-5-3-2-4-6-22/h2*7-10,18-20,22,24H,2-6,11-17,29H2,1H3,(H,32,35)/t20-,24+;20-,24-/m01/s1. The van der Waals surface area contributed by atoms with Crippen LogP contribution in [0, 0.1) is 22.7 Å². The Bertz CT molecular complexity index is 2120. The smallest absolute Gasteiger partial charge is 0.245 e. The molecule has 0 radical (unpaired) electrons. The van der Waals surface area contributed by atoms with Crippen molar-refractivity contribution in [1.29, 1.82) is 0 Å². The van der Waals surface area contributed by atoms with Gasteiger partial charge in [0.25, 0.3) is 0 Å². The monoisotopic (exact) mass is 1030 g/mol. The molecule has 4 amide bonds. The van der Waals surface area contributed by atoms with Crippen molar-refractivity contribution in [1.82, 2.24) is 50.0 Å². The third kappa shape index (κ3) is 15.6. The minimum Gasteiger partial charge on any atom is -0.344 e. The molecule has 18 heteroatoms. The molecule has 2 saturated heterocycles. The number of halogens is 2. The van der Waals surface area contributed by atoms with Gasteiger partial charge in [-0.15, -0.1) is 0 Å². The number of carbonyl (C=O) groups is 4. The highest BCUT2D eigenvalue weighted by Crippen LogP contribution is 2.48. The van der Waals surface area contributed by atoms with Gasteiger partial charge in [-0.1, -0.05) is 86.0 Å². The average molecular weight is 1030 g/mol. The Morgan fingerprint density at radius 2 is 0.931 bits per heavy atom. The maximum atomic E-state index is 13.7. The van der Waals surface area contributed by atoms with Crippen molar-refractivity contribution in [2.24, 2.45) is 34.1 Å². The number of hydrogen-bond donors (Lipinski definition) is 4. The van der Waals surface area contributed by atoms with Gasteiger partial charge in [-0.2, -0.15) is 10.2 Å². The lowest BCUT2D eigenvalue weighted by atomic mass is 9.63. The molecule has 6 N–H and O–H groups in total. The van der Waals surface area contributed by atoms with Crippen LogP contribution in [0.5, 0.6) is 0 Å². The quantitative estimate of drug-likeness (QED) is 0.0789. The third-order valence-corrected chi connectivity index (χ3v) is 16.5. The largest absolute Gasteiger partial charge is 0.344 e. The Labute approximate surface area is 436 Å². The van der Waals surface area contributed by atoms with Crippen LogP contribution >= 0.6 is 23.2 Å². The Morgan fingerprint density at radius 1 is 0.583 bits per heavy atom. The summed E-state index contributed by atoms with van der Waals surface area (Å²) in [6.07, 6.45) is 24.5. The van der Waals surface area contributed by atoms with Crippen LogP contribution in [0.3, 0.4) is 0 Å². The van der Waals surface area contributed by atoms with Crippen LogP contribution in [-0.2, 0) is 45.1 Å². The van der Waals surface area contributed by atoms with Crippen LogP contribution in [-0.4, -0.2) is 113 Å². The van der Waals surface area contributed by atoms with E-state index in [-0.39, 0.29) is 59.4 Å². The molecule has 2 aliphatic heterocycles. The number of hydrogen-bond acceptors (Lipinski definition) is 10. The number of nitrogens with one attached hydrogen (secondary N) is 2. The topological polar surface area (TPSA) is 212 Å². The van der Waals surface area contributed by atoms with Crippen molar-refractivity contribution >= 4 is 46.8 Å². The molecule has 0 bridgehead atoms. The highest BCUT2D eigenvalue weighted by atomic mass is 35.5. The molecule has 2 aromatic carbocycles. The summed E-state index contributed by atoms with van der Waals surface area (Å²) in [5, 5.41) is 16.0. The summed E-state index contributed by atoms with van der Waals surface area (Å²) in [5.74, 6) is 0.836. The Morgan fingerprint density at radius 3 is 1.24 bits per heavy atom. The zero-order valence-corrected chi connectivity index (χ0v) is 44.0. The van der Waals surface area contributed by atoms with E-state index in [0.29, 0.717) is 60.9 Å². The second-order valence-electron chi connectivity index (χ2n) is 21.5. The van der Waals surface area contributed by atoms with Crippen molar-refractivity contribution in [2.75, 3.05) is 26.2 Å². The highest BCUT2D eigenvalue weighted by Gasteiger charge is 2.45. The van der Waals surface area contributed by atoms with E-state index in [1.165, 1.54) is 64.2 Å². The molecule has 0 unspecified atom stereocenters. The number of piperidine rings is 2. The maximum absolute atomic E-state index is 13.7. The van der Waals surface area contributed by atoms with Crippen molar-refractivity contribution in [3.8, 4) is 0 Å². The van der Waals surface area contributed by atoms with Gasteiger partial charge in [0.1, 0.15) is 37.4 Å². The van der Waals surface area contributed by atoms with Crippen LogP contribution in [0.25, 0.3) is 0 Å². The average Bonchev–Trinajstić information content (AvgIpc) is 4.10. The SMILES string of the molecule is C[C@@H](N)CC(=O)N[C@H](Cc1ccc(Cl)cc1)C(=O)N1CCC(Cn2cncn2)(C2CCCCC2)CC1.C[C@H](N)CC(=O)N[C@H](Cc1ccc(Cl)cc1)C(=O)N1CCC(Cn2cncn2)(C2CCCCC2)CC1. The molecule has 4 atom stereocenters. The van der Waals surface area contributed by atoms with E-state index in [9.17, 15) is 19.2 Å². The van der Waals surface area contributed by atoms with E-state index >= 15 is 0 Å². The molecule has 2 aromatic heterocycles. The number of nitrogens with two attached hydrogens (primary N) is 2. The minimum absolute atomic E-state index is 0.0269. The molecule has 4 heterocycles. The lowest BCUT2D eigenvalue weighted by Crippen LogP contribution is -2.55. The fourth-order valence-electron chi connectivity index (χ4n) is 12.1. The van der Waals surface area contributed by atoms with Crippen molar-refractivity contribution in [2.45, 2.75) is 167 Å². The number of likely N-dealkylation sites (tertiary alicyclic amines) is 2. The van der Waals surface area contributed by atoms with Crippen LogP contribution in [0.2, 0.25) is 10.0 Å². The summed E-state index contributed by atoms with van der Waals surface area (Å²) in [4.78, 5) is 64.8. The van der Waals surface area contributed by atoms with E-state index < -0.39 is 12.1 Å². The summed E-state index contributed by atoms with van der Waals surface area (Å²) in [5.41, 5.74) is 13.8. The van der Waals surface area contributed by atoms with Crippen molar-refractivity contribution in [3.63, 3.8) is 0 Å². The van der Waals surface area contributed by atoms with E-state index in [4.69, 9.17) is 34.7 Å². The van der Waals surface area contributed by atoms with Crippen molar-refractivity contribution in [3.05, 3.63) is 95.0 Å². The van der Waals surface area contributed by atoms with Gasteiger partial charge in [0.15, 0.2) is 0 Å². The molecule has 72 heavy (non-hydrogen) atoms. The van der Waals surface area contributed by atoms with Gasteiger partial charge < -0.3 is 31.9 Å². The summed E-state index contributed by atoms with van der Waals surface area (Å²) in [6, 6.07) is 13.1. The van der Waals surface area contributed by atoms with E-state index in [1.807, 2.05) is 67.7 Å². The number of benzene rings is 2. The van der Waals surface area contributed by atoms with E-state index in [1.54, 1.807) is 39.2 Å². The Hall–Kier alpha value is -4.90. The first-order chi connectivity index (χ1) is 34.7. The zero-order chi connectivity index (χ0) is 51.1. The van der Waals surface area contributed by atoms with Gasteiger partial charge in [-0.05, 0) is 123 Å². The van der Waals surface area contributed by atoms with Crippen molar-refractivity contribution < 1.29 is 19.2 Å². The molecule has 4 aromatic rings. The van der Waals surface area contributed by atoms with Crippen LogP contribution in [0.15, 0.2) is 73.8 Å². The van der Waals surface area contributed by atoms with Gasteiger partial charge in [0.05, 0.1) is 0 Å². The van der Waals surface area contributed by atoms with Gasteiger partial charge >= 0.3 is 0 Å². The molecule has 4 aliphatic rings. The number of nitrogens with zero attached hydrogens (tertiary/aromatic N) is 8. The predicted molar refractivity (Wildman–Crippen MR) is 280 cm³/mol. The minimum atomic E-state index is -0.630. The maximum Gasteiger partial charge on any atom is 0.245 e. The molecule has 16 nitrogen and oxygen atoms in total. The number of aromatic nitrogens is 6. The zero-order valence-electron chi connectivity index (χ0n) is 42.5. The number of rotatable bonds is 18. The molecule has 2 aliphatic carbocycles. The van der Waals surface area contributed by atoms with Gasteiger partial charge in [0, 0.05) is 87.1 Å². The molecule has 4 fully saturated rings. The lowest BCUT2D eigenvalue weighted by molar-refractivity contribution is -0.139. The van der Waals surface area contributed by atoms with Crippen LogP contribution in [0.4, 0.5) is 0 Å². The summed E-state index contributed by atoms with van der Waals surface area (Å²) >= 11 is 12.1. The summed E-state index contributed by atoms with van der Waals surface area (Å²) < 4.78 is 3.92. The number of carbonyl (C=O) groups excluding carboxylic acids is 4.